The Morgan fingerprint density at radius 2 is 1.29 bits per heavy atom. The van der Waals surface area contributed by atoms with Crippen LogP contribution in [0.1, 0.15) is 31.2 Å². The molecule has 8 aromatic rings. The maximum Gasteiger partial charge on any atom is 0.0547 e. The highest BCUT2D eigenvalue weighted by atomic mass is 32.2. The van der Waals surface area contributed by atoms with Gasteiger partial charge in [0.1, 0.15) is 0 Å². The molecular formula is C49H38N2S. The van der Waals surface area contributed by atoms with E-state index in [9.17, 15) is 0 Å². The van der Waals surface area contributed by atoms with Crippen molar-refractivity contribution in [2.45, 2.75) is 36.3 Å². The van der Waals surface area contributed by atoms with Crippen molar-refractivity contribution >= 4 is 61.4 Å². The number of anilines is 3. The van der Waals surface area contributed by atoms with E-state index in [0.717, 1.165) is 16.9 Å². The first-order valence-electron chi connectivity index (χ1n) is 18.7. The van der Waals surface area contributed by atoms with E-state index in [2.05, 4.69) is 191 Å². The summed E-state index contributed by atoms with van der Waals surface area (Å²) in [5, 5.41) is 5.86. The number of fused-ring (bicyclic) bond motifs is 5. The van der Waals surface area contributed by atoms with Crippen LogP contribution in [0.5, 0.6) is 0 Å². The number of allylic oxidation sites excluding steroid dienone is 2. The van der Waals surface area contributed by atoms with Crippen molar-refractivity contribution < 1.29 is 0 Å². The van der Waals surface area contributed by atoms with Crippen molar-refractivity contribution in [1.29, 1.82) is 0 Å². The molecular weight excluding hydrogens is 649 g/mol. The van der Waals surface area contributed by atoms with Gasteiger partial charge in [-0.15, -0.1) is 11.8 Å². The lowest BCUT2D eigenvalue weighted by Gasteiger charge is -2.31. The van der Waals surface area contributed by atoms with Crippen LogP contribution < -0.4 is 4.90 Å². The van der Waals surface area contributed by atoms with E-state index >= 15 is 0 Å². The molecule has 3 heterocycles. The summed E-state index contributed by atoms with van der Waals surface area (Å²) < 4.78 is 2.43. The first kappa shape index (κ1) is 30.1. The van der Waals surface area contributed by atoms with Crippen LogP contribution in [0.15, 0.2) is 175 Å². The van der Waals surface area contributed by atoms with E-state index in [1.54, 1.807) is 4.91 Å². The summed E-state index contributed by atoms with van der Waals surface area (Å²) in [7, 11) is 0. The first-order chi connectivity index (χ1) is 25.7. The molecule has 0 amide bonds. The molecule has 2 nitrogen and oxygen atoms in total. The Kier molecular flexibility index (Phi) is 6.82. The van der Waals surface area contributed by atoms with Gasteiger partial charge in [-0.3, -0.25) is 0 Å². The second-order valence-electron chi connectivity index (χ2n) is 15.0. The second kappa shape index (κ2) is 11.8. The fraction of sp³-hybridized carbons (Fsp3) is 0.143. The van der Waals surface area contributed by atoms with E-state index in [1.165, 1.54) is 92.0 Å². The summed E-state index contributed by atoms with van der Waals surface area (Å²) in [6, 6.07) is 60.6. The lowest BCUT2D eigenvalue weighted by molar-refractivity contribution is 0.462. The molecule has 3 atom stereocenters. The van der Waals surface area contributed by atoms with Gasteiger partial charge in [-0.25, -0.2) is 0 Å². The summed E-state index contributed by atoms with van der Waals surface area (Å²) in [5.74, 6) is 0.741. The van der Waals surface area contributed by atoms with Gasteiger partial charge in [0, 0.05) is 44.2 Å². The molecule has 1 saturated carbocycles. The highest BCUT2D eigenvalue weighted by molar-refractivity contribution is 8.04. The normalized spacial score (nSPS) is 20.5. The summed E-state index contributed by atoms with van der Waals surface area (Å²) in [6.07, 6.45) is 7.89. The molecule has 2 aliphatic carbocycles. The van der Waals surface area contributed by atoms with Gasteiger partial charge in [0.05, 0.1) is 11.0 Å². The Morgan fingerprint density at radius 1 is 0.538 bits per heavy atom. The minimum absolute atomic E-state index is 0.202. The molecule has 0 radical (unpaired) electrons. The number of benzene rings is 7. The molecule has 3 heteroatoms. The van der Waals surface area contributed by atoms with Crippen LogP contribution >= 0.6 is 11.8 Å². The first-order valence-corrected chi connectivity index (χ1v) is 19.6. The topological polar surface area (TPSA) is 8.17 Å². The fourth-order valence-electron chi connectivity index (χ4n) is 9.58. The molecule has 12 rings (SSSR count). The number of rotatable bonds is 6. The predicted octanol–water partition coefficient (Wildman–Crippen LogP) is 13.5. The molecule has 1 aromatic heterocycles. The lowest BCUT2D eigenvalue weighted by Crippen LogP contribution is -2.23. The van der Waals surface area contributed by atoms with Gasteiger partial charge in [-0.2, -0.15) is 0 Å². The van der Waals surface area contributed by atoms with Gasteiger partial charge in [0.2, 0.25) is 0 Å². The van der Waals surface area contributed by atoms with E-state index in [4.69, 9.17) is 0 Å². The van der Waals surface area contributed by atoms with Gasteiger partial charge in [0.15, 0.2) is 0 Å². The SMILES string of the molecule is C1=C2S[C@H]3CC[C@H]1CC2(c1cccc(N(c2ccccc2)c2ccc(-c4cccc(-n5c6ccccc6c6cc7ccccc7cc65)c4)cc2)c1)C3. The molecule has 0 spiro atoms. The van der Waals surface area contributed by atoms with Crippen LogP contribution in [0.4, 0.5) is 17.1 Å². The second-order valence-corrected chi connectivity index (χ2v) is 16.3. The largest absolute Gasteiger partial charge is 0.310 e. The third kappa shape index (κ3) is 4.72. The van der Waals surface area contributed by atoms with Crippen molar-refractivity contribution in [2.75, 3.05) is 4.90 Å². The van der Waals surface area contributed by atoms with Gasteiger partial charge in [-0.1, -0.05) is 103 Å². The maximum absolute atomic E-state index is 2.62. The molecule has 52 heavy (non-hydrogen) atoms. The third-order valence-electron chi connectivity index (χ3n) is 12.0. The minimum Gasteiger partial charge on any atom is -0.310 e. The van der Waals surface area contributed by atoms with E-state index in [-0.39, 0.29) is 5.41 Å². The van der Waals surface area contributed by atoms with E-state index in [1.807, 2.05) is 0 Å². The standard InChI is InChI=1S/C49H38N2S/c1-2-14-39(15-3-1)50(42-17-9-13-38(30-42)49-31-33-20-25-43(32-49)52-48(49)26-33)40-23-21-34(22-24-40)35-12-8-16-41(27-35)51-46-19-7-6-18-44(46)45-28-36-10-4-5-11-37(36)29-47(45)51/h1-19,21-24,26-30,33,43H,20,25,31-32H2/t33-,43+,49?/m1/s1. The molecule has 2 fully saturated rings. The van der Waals surface area contributed by atoms with Gasteiger partial charge >= 0.3 is 0 Å². The molecule has 1 saturated heterocycles. The van der Waals surface area contributed by atoms with E-state index < -0.39 is 0 Å². The fourth-order valence-corrected chi connectivity index (χ4v) is 11.3. The Morgan fingerprint density at radius 3 is 2.17 bits per heavy atom. The molecule has 2 aliphatic heterocycles. The molecule has 0 N–H and O–H groups in total. The zero-order valence-electron chi connectivity index (χ0n) is 29.0. The predicted molar refractivity (Wildman–Crippen MR) is 222 cm³/mol. The maximum atomic E-state index is 2.62. The number of aromatic nitrogens is 1. The van der Waals surface area contributed by atoms with Crippen molar-refractivity contribution in [3.8, 4) is 16.8 Å². The average Bonchev–Trinajstić information content (AvgIpc) is 3.72. The van der Waals surface area contributed by atoms with Gasteiger partial charge < -0.3 is 9.47 Å². The number of para-hydroxylation sites is 2. The monoisotopic (exact) mass is 686 g/mol. The van der Waals surface area contributed by atoms with Crippen LogP contribution in [0, 0.1) is 5.92 Å². The van der Waals surface area contributed by atoms with Crippen molar-refractivity contribution in [3.63, 3.8) is 0 Å². The molecule has 7 aromatic carbocycles. The zero-order chi connectivity index (χ0) is 34.2. The average molecular weight is 687 g/mol. The van der Waals surface area contributed by atoms with Crippen molar-refractivity contribution in [2.24, 2.45) is 5.92 Å². The lowest BCUT2D eigenvalue weighted by atomic mass is 9.76. The summed E-state index contributed by atoms with van der Waals surface area (Å²) in [4.78, 5) is 4.07. The smallest absolute Gasteiger partial charge is 0.0547 e. The third-order valence-corrected chi connectivity index (χ3v) is 13.5. The summed E-state index contributed by atoms with van der Waals surface area (Å²) in [5.41, 5.74) is 11.3. The minimum atomic E-state index is 0.202. The highest BCUT2D eigenvalue weighted by Gasteiger charge is 2.52. The molecule has 4 bridgehead atoms. The number of nitrogens with zero attached hydrogens (tertiary/aromatic N) is 2. The number of hydrogen-bond acceptors (Lipinski definition) is 2. The Balaban J connectivity index is 0.982. The van der Waals surface area contributed by atoms with Crippen LogP contribution in [0.2, 0.25) is 0 Å². The van der Waals surface area contributed by atoms with Gasteiger partial charge in [0.25, 0.3) is 0 Å². The van der Waals surface area contributed by atoms with Crippen LogP contribution in [-0.2, 0) is 5.41 Å². The summed E-state index contributed by atoms with van der Waals surface area (Å²) in [6.45, 7) is 0. The van der Waals surface area contributed by atoms with Crippen LogP contribution in [0.3, 0.4) is 0 Å². The van der Waals surface area contributed by atoms with E-state index in [0.29, 0.717) is 0 Å². The van der Waals surface area contributed by atoms with Crippen LogP contribution in [-0.4, -0.2) is 9.82 Å². The Bertz CT molecular complexity index is 2690. The van der Waals surface area contributed by atoms with Crippen LogP contribution in [0.25, 0.3) is 49.4 Å². The van der Waals surface area contributed by atoms with Crippen molar-refractivity contribution in [3.05, 3.63) is 180 Å². The molecule has 4 aliphatic rings. The Hall–Kier alpha value is -5.51. The highest BCUT2D eigenvalue weighted by Crippen LogP contribution is 2.63. The summed E-state index contributed by atoms with van der Waals surface area (Å²) >= 11 is 2.17. The molecule has 250 valence electrons. The van der Waals surface area contributed by atoms with Gasteiger partial charge in [-0.05, 0) is 131 Å². The molecule has 1 unspecified atom stereocenters. The quantitative estimate of drug-likeness (QED) is 0.172. The Labute approximate surface area is 309 Å². The van der Waals surface area contributed by atoms with Crippen molar-refractivity contribution in [1.82, 2.24) is 4.57 Å². The zero-order valence-corrected chi connectivity index (χ0v) is 29.8. The number of thioether (sulfide) groups is 1. The number of hydrogen-bond donors (Lipinski definition) is 0.